The van der Waals surface area contributed by atoms with Crippen LogP contribution >= 0.6 is 11.8 Å². The molecule has 0 aliphatic carbocycles. The minimum atomic E-state index is -0.239. The van der Waals surface area contributed by atoms with Crippen LogP contribution in [0.1, 0.15) is 23.6 Å². The number of anilines is 1. The van der Waals surface area contributed by atoms with Gasteiger partial charge in [0.05, 0.1) is 17.9 Å². The van der Waals surface area contributed by atoms with E-state index in [1.165, 1.54) is 11.8 Å². The molecule has 1 aliphatic rings. The van der Waals surface area contributed by atoms with Crippen molar-refractivity contribution in [1.29, 1.82) is 0 Å². The Morgan fingerprint density at radius 3 is 2.71 bits per heavy atom. The Bertz CT molecular complexity index is 1360. The van der Waals surface area contributed by atoms with Crippen molar-refractivity contribution in [2.24, 2.45) is 0 Å². The van der Waals surface area contributed by atoms with Crippen LogP contribution in [0.5, 0.6) is 0 Å². The van der Waals surface area contributed by atoms with Crippen LogP contribution in [0, 0.1) is 13.8 Å². The second-order valence-electron chi connectivity index (χ2n) is 7.73. The number of amides is 1. The number of benzene rings is 2. The minimum absolute atomic E-state index is 0.120. The van der Waals surface area contributed by atoms with Crippen LogP contribution in [0.4, 0.5) is 5.69 Å². The smallest absolute Gasteiger partial charge is 0.265 e. The van der Waals surface area contributed by atoms with Crippen molar-refractivity contribution < 1.29 is 4.79 Å². The molecule has 1 aliphatic heterocycles. The molecule has 0 spiro atoms. The van der Waals surface area contributed by atoms with Gasteiger partial charge in [0, 0.05) is 17.9 Å². The molecule has 0 saturated heterocycles. The van der Waals surface area contributed by atoms with Gasteiger partial charge in [-0.05, 0) is 37.6 Å². The molecule has 31 heavy (non-hydrogen) atoms. The number of aryl methyl sites for hydroxylation is 2. The van der Waals surface area contributed by atoms with Crippen LogP contribution in [-0.2, 0) is 4.79 Å². The summed E-state index contributed by atoms with van der Waals surface area (Å²) in [5, 5.41) is 8.43. The van der Waals surface area contributed by atoms with Gasteiger partial charge in [-0.3, -0.25) is 14.2 Å². The summed E-state index contributed by atoms with van der Waals surface area (Å²) in [5.74, 6) is 0.512. The Labute approximate surface area is 183 Å². The zero-order valence-corrected chi connectivity index (χ0v) is 18.0. The molecule has 0 saturated carbocycles. The van der Waals surface area contributed by atoms with Crippen LogP contribution in [-0.4, -0.2) is 31.0 Å². The predicted molar refractivity (Wildman–Crippen MR) is 122 cm³/mol. The average Bonchev–Trinajstić information content (AvgIpc) is 3.35. The maximum absolute atomic E-state index is 13.3. The van der Waals surface area contributed by atoms with E-state index in [0.717, 1.165) is 22.5 Å². The Hall–Kier alpha value is -3.39. The summed E-state index contributed by atoms with van der Waals surface area (Å²) in [4.78, 5) is 30.6. The van der Waals surface area contributed by atoms with E-state index in [4.69, 9.17) is 4.98 Å². The van der Waals surface area contributed by atoms with E-state index in [0.29, 0.717) is 21.9 Å². The average molecular weight is 432 g/mol. The van der Waals surface area contributed by atoms with Gasteiger partial charge in [0.1, 0.15) is 5.39 Å². The zero-order chi connectivity index (χ0) is 21.5. The van der Waals surface area contributed by atoms with Gasteiger partial charge in [-0.2, -0.15) is 5.10 Å². The number of carbonyl (C=O) groups is 1. The van der Waals surface area contributed by atoms with E-state index in [2.05, 4.69) is 10.4 Å². The van der Waals surface area contributed by atoms with Crippen molar-refractivity contribution in [3.63, 3.8) is 0 Å². The Morgan fingerprint density at radius 1 is 1.16 bits per heavy atom. The van der Waals surface area contributed by atoms with Crippen molar-refractivity contribution in [1.82, 2.24) is 19.3 Å². The second kappa shape index (κ2) is 7.70. The summed E-state index contributed by atoms with van der Waals surface area (Å²) in [6.45, 7) is 4.00. The van der Waals surface area contributed by atoms with E-state index in [9.17, 15) is 9.59 Å². The zero-order valence-electron chi connectivity index (χ0n) is 17.2. The molecule has 0 bridgehead atoms. The number of para-hydroxylation sites is 1. The fourth-order valence-corrected chi connectivity index (χ4v) is 4.95. The highest BCUT2D eigenvalue weighted by atomic mass is 32.2. The van der Waals surface area contributed by atoms with Gasteiger partial charge in [-0.25, -0.2) is 9.67 Å². The number of hydrogen-bond acceptors (Lipinski definition) is 5. The Balaban J connectivity index is 1.45. The highest BCUT2D eigenvalue weighted by Gasteiger charge is 2.29. The molecule has 156 valence electrons. The lowest BCUT2D eigenvalue weighted by atomic mass is 10.2. The first-order valence-corrected chi connectivity index (χ1v) is 11.1. The van der Waals surface area contributed by atoms with Gasteiger partial charge < -0.3 is 5.32 Å². The van der Waals surface area contributed by atoms with E-state index in [-0.39, 0.29) is 23.9 Å². The molecular weight excluding hydrogens is 410 g/mol. The molecule has 0 radical (unpaired) electrons. The van der Waals surface area contributed by atoms with E-state index in [1.54, 1.807) is 15.4 Å². The van der Waals surface area contributed by atoms with Crippen LogP contribution in [0.15, 0.2) is 64.7 Å². The first-order chi connectivity index (χ1) is 15.0. The topological polar surface area (TPSA) is 81.8 Å². The molecule has 2 aromatic carbocycles. The third-order valence-corrected chi connectivity index (χ3v) is 6.57. The van der Waals surface area contributed by atoms with Gasteiger partial charge >= 0.3 is 0 Å². The third kappa shape index (κ3) is 3.53. The Kier molecular flexibility index (Phi) is 4.86. The summed E-state index contributed by atoms with van der Waals surface area (Å²) in [7, 11) is 0. The first kappa shape index (κ1) is 19.6. The molecule has 8 heteroatoms. The predicted octanol–water partition coefficient (Wildman–Crippen LogP) is 3.87. The molecule has 1 atom stereocenters. The standard InChI is InChI=1S/C23H21N5O2S/c1-14-7-9-16(10-8-14)25-20(29)11-17-13-31-23-26-21-18(22(30)27(17)23)12-24-28(21)19-6-4-3-5-15(19)2/h3-10,12,17H,11,13H2,1-2H3,(H,25,29). The van der Waals surface area contributed by atoms with Gasteiger partial charge in [0.25, 0.3) is 5.56 Å². The highest BCUT2D eigenvalue weighted by molar-refractivity contribution is 7.99. The normalized spacial score (nSPS) is 15.2. The number of nitrogens with one attached hydrogen (secondary N) is 1. The lowest BCUT2D eigenvalue weighted by Crippen LogP contribution is -2.27. The number of carbonyl (C=O) groups excluding carboxylic acids is 1. The SMILES string of the molecule is Cc1ccc(NC(=O)CC2CSc3nc4c(cnn4-c4ccccc4C)c(=O)n32)cc1. The highest BCUT2D eigenvalue weighted by Crippen LogP contribution is 2.33. The molecule has 1 amide bonds. The van der Waals surface area contributed by atoms with Gasteiger partial charge in [-0.1, -0.05) is 47.7 Å². The van der Waals surface area contributed by atoms with E-state index < -0.39 is 0 Å². The monoisotopic (exact) mass is 431 g/mol. The van der Waals surface area contributed by atoms with Crippen LogP contribution in [0.3, 0.4) is 0 Å². The van der Waals surface area contributed by atoms with Crippen molar-refractivity contribution in [2.75, 3.05) is 11.1 Å². The van der Waals surface area contributed by atoms with Gasteiger partial charge in [-0.15, -0.1) is 0 Å². The minimum Gasteiger partial charge on any atom is -0.326 e. The first-order valence-electron chi connectivity index (χ1n) is 10.1. The molecule has 3 heterocycles. The summed E-state index contributed by atoms with van der Waals surface area (Å²) in [6.07, 6.45) is 1.78. The summed E-state index contributed by atoms with van der Waals surface area (Å²) >= 11 is 1.50. The quantitative estimate of drug-likeness (QED) is 0.496. The van der Waals surface area contributed by atoms with Gasteiger partial charge in [0.2, 0.25) is 5.91 Å². The van der Waals surface area contributed by atoms with Crippen LogP contribution in [0.25, 0.3) is 16.7 Å². The second-order valence-corrected chi connectivity index (χ2v) is 8.72. The molecule has 1 N–H and O–H groups in total. The number of aromatic nitrogens is 4. The summed E-state index contributed by atoms with van der Waals surface area (Å²) in [6, 6.07) is 15.3. The molecule has 2 aromatic heterocycles. The van der Waals surface area contributed by atoms with Gasteiger partial charge in [0.15, 0.2) is 10.8 Å². The maximum Gasteiger partial charge on any atom is 0.265 e. The molecule has 7 nitrogen and oxygen atoms in total. The molecule has 1 unspecified atom stereocenters. The Morgan fingerprint density at radius 2 is 1.94 bits per heavy atom. The van der Waals surface area contributed by atoms with Crippen molar-refractivity contribution in [3.8, 4) is 5.69 Å². The van der Waals surface area contributed by atoms with Crippen LogP contribution < -0.4 is 10.9 Å². The fraction of sp³-hybridized carbons (Fsp3) is 0.217. The van der Waals surface area contributed by atoms with Crippen molar-refractivity contribution >= 4 is 34.4 Å². The molecule has 0 fully saturated rings. The molecule has 5 rings (SSSR count). The summed E-state index contributed by atoms with van der Waals surface area (Å²) < 4.78 is 3.36. The number of fused-ring (bicyclic) bond motifs is 2. The summed E-state index contributed by atoms with van der Waals surface area (Å²) in [5.41, 5.74) is 4.22. The lowest BCUT2D eigenvalue weighted by Gasteiger charge is -2.14. The fourth-order valence-electron chi connectivity index (χ4n) is 3.82. The number of hydrogen-bond donors (Lipinski definition) is 1. The van der Waals surface area contributed by atoms with Crippen molar-refractivity contribution in [3.05, 3.63) is 76.2 Å². The van der Waals surface area contributed by atoms with Crippen molar-refractivity contribution in [2.45, 2.75) is 31.5 Å². The molecule has 4 aromatic rings. The number of nitrogens with zero attached hydrogens (tertiary/aromatic N) is 4. The van der Waals surface area contributed by atoms with E-state index in [1.807, 2.05) is 62.4 Å². The number of thioether (sulfide) groups is 1. The molecular formula is C23H21N5O2S. The lowest BCUT2D eigenvalue weighted by molar-refractivity contribution is -0.116. The largest absolute Gasteiger partial charge is 0.326 e. The number of rotatable bonds is 4. The van der Waals surface area contributed by atoms with E-state index >= 15 is 0 Å². The van der Waals surface area contributed by atoms with Crippen LogP contribution in [0.2, 0.25) is 0 Å². The maximum atomic E-state index is 13.3. The third-order valence-electron chi connectivity index (χ3n) is 5.47.